The first-order valence-electron chi connectivity index (χ1n) is 4.83. The second-order valence-electron chi connectivity index (χ2n) is 3.83. The van der Waals surface area contributed by atoms with Crippen LogP contribution in [0.15, 0.2) is 0 Å². The molecule has 8 heteroatoms. The van der Waals surface area contributed by atoms with Gasteiger partial charge < -0.3 is 18.5 Å². The van der Waals surface area contributed by atoms with Gasteiger partial charge in [0, 0.05) is 0 Å². The Morgan fingerprint density at radius 3 is 2.08 bits per heavy atom. The highest BCUT2D eigenvalue weighted by molar-refractivity contribution is 6.70. The minimum atomic E-state index is -0.831. The van der Waals surface area contributed by atoms with Crippen molar-refractivity contribution < 1.29 is 0 Å². The zero-order valence-corrected chi connectivity index (χ0v) is 14.7. The van der Waals surface area contributed by atoms with E-state index in [1.54, 1.807) is 0 Å². The third-order valence-electron chi connectivity index (χ3n) is 2.47. The molecule has 80 valence electrons. The zero-order chi connectivity index (χ0) is 10.4. The van der Waals surface area contributed by atoms with E-state index in [1.807, 2.05) is 0 Å². The first-order chi connectivity index (χ1) is 5.99. The van der Waals surface area contributed by atoms with E-state index in [9.17, 15) is 0 Å². The molecular formula is C5H24N4Si4. The van der Waals surface area contributed by atoms with Gasteiger partial charge in [-0.2, -0.15) is 0 Å². The van der Waals surface area contributed by atoms with Crippen LogP contribution >= 0.6 is 0 Å². The van der Waals surface area contributed by atoms with Gasteiger partial charge in [-0.05, 0) is 20.6 Å². The molecule has 0 bridgehead atoms. The highest BCUT2D eigenvalue weighted by Crippen LogP contribution is 1.86. The van der Waals surface area contributed by atoms with E-state index in [2.05, 4.69) is 46.8 Å². The molecule has 0 aliphatic heterocycles. The van der Waals surface area contributed by atoms with Crippen molar-refractivity contribution in [3.63, 3.8) is 0 Å². The first-order valence-corrected chi connectivity index (χ1v) is 12.7. The predicted octanol–water partition coefficient (Wildman–Crippen LogP) is -2.77. The number of hydrogen-bond acceptors (Lipinski definition) is 4. The van der Waals surface area contributed by atoms with Crippen molar-refractivity contribution in [3.05, 3.63) is 0 Å². The molecule has 0 aliphatic rings. The third-order valence-corrected chi connectivity index (χ3v) is 14.7. The maximum atomic E-state index is 5.71. The van der Waals surface area contributed by atoms with Gasteiger partial charge >= 0.3 is 0 Å². The SMILES string of the molecule is CN([SiH2]N[SiH](C)N(C)[SiH2]N)[SiH](C)C. The minimum Gasteiger partial charge on any atom is -0.344 e. The summed E-state index contributed by atoms with van der Waals surface area (Å²) in [6, 6.07) is 0. The number of nitrogens with two attached hydrogens (primary N) is 1. The van der Waals surface area contributed by atoms with Crippen molar-refractivity contribution in [1.82, 2.24) is 13.1 Å². The molecule has 0 amide bonds. The molecule has 0 rings (SSSR count). The van der Waals surface area contributed by atoms with Crippen LogP contribution in [0.2, 0.25) is 19.6 Å². The van der Waals surface area contributed by atoms with Crippen LogP contribution in [0.3, 0.4) is 0 Å². The van der Waals surface area contributed by atoms with Gasteiger partial charge in [0.05, 0.1) is 8.96 Å². The standard InChI is InChI=1S/C5H24N4Si4/c1-8(10-6)13(5)7-11-9(2)12(3)4/h7,12-13H,6,10-11H2,1-5H3. The van der Waals surface area contributed by atoms with Crippen LogP contribution < -0.4 is 10.0 Å². The third kappa shape index (κ3) is 5.91. The summed E-state index contributed by atoms with van der Waals surface area (Å²) in [5.41, 5.74) is 0. The maximum absolute atomic E-state index is 5.71. The van der Waals surface area contributed by atoms with E-state index in [4.69, 9.17) is 5.40 Å². The number of hydrogen-bond donors (Lipinski definition) is 2. The van der Waals surface area contributed by atoms with Crippen LogP contribution in [-0.2, 0) is 0 Å². The summed E-state index contributed by atoms with van der Waals surface area (Å²) in [5.74, 6) is 0. The normalized spacial score (nSPS) is 16.4. The molecule has 0 saturated carbocycles. The lowest BCUT2D eigenvalue weighted by Crippen LogP contribution is -2.55. The van der Waals surface area contributed by atoms with Crippen molar-refractivity contribution in [2.45, 2.75) is 19.6 Å². The molecule has 0 spiro atoms. The van der Waals surface area contributed by atoms with Gasteiger partial charge in [-0.15, -0.1) is 0 Å². The van der Waals surface area contributed by atoms with Gasteiger partial charge in [-0.1, -0.05) is 13.1 Å². The lowest BCUT2D eigenvalue weighted by Gasteiger charge is -2.26. The van der Waals surface area contributed by atoms with Crippen molar-refractivity contribution in [1.29, 1.82) is 0 Å². The van der Waals surface area contributed by atoms with Crippen LogP contribution in [0.4, 0.5) is 0 Å². The molecule has 4 nitrogen and oxygen atoms in total. The van der Waals surface area contributed by atoms with Gasteiger partial charge in [-0.25, -0.2) is 0 Å². The van der Waals surface area contributed by atoms with Gasteiger partial charge in [0.1, 0.15) is 0 Å². The zero-order valence-electron chi connectivity index (χ0n) is 9.54. The quantitative estimate of drug-likeness (QED) is 0.503. The van der Waals surface area contributed by atoms with Crippen molar-refractivity contribution in [2.24, 2.45) is 5.40 Å². The maximum Gasteiger partial charge on any atom is 0.171 e. The molecule has 0 fully saturated rings. The molecule has 0 aromatic heterocycles. The molecular weight excluding hydrogens is 228 g/mol. The predicted molar refractivity (Wildman–Crippen MR) is 71.8 cm³/mol. The fraction of sp³-hybridized carbons (Fsp3) is 1.00. The lowest BCUT2D eigenvalue weighted by molar-refractivity contribution is 0.782. The van der Waals surface area contributed by atoms with E-state index >= 15 is 0 Å². The molecule has 0 saturated heterocycles. The Bertz CT molecular complexity index is 136. The molecule has 3 N–H and O–H groups in total. The Labute approximate surface area is 90.3 Å². The van der Waals surface area contributed by atoms with Gasteiger partial charge in [0.2, 0.25) is 0 Å². The van der Waals surface area contributed by atoms with E-state index in [0.29, 0.717) is 0 Å². The molecule has 0 aromatic rings. The average molecular weight is 253 g/mol. The Morgan fingerprint density at radius 1 is 1.15 bits per heavy atom. The second kappa shape index (κ2) is 7.06. The van der Waals surface area contributed by atoms with Crippen LogP contribution in [0, 0.1) is 0 Å². The van der Waals surface area contributed by atoms with Crippen LogP contribution in [-0.4, -0.2) is 60.3 Å². The summed E-state index contributed by atoms with van der Waals surface area (Å²) >= 11 is 0. The van der Waals surface area contributed by atoms with Gasteiger partial charge in [0.15, 0.2) is 28.8 Å². The van der Waals surface area contributed by atoms with E-state index in [0.717, 1.165) is 0 Å². The van der Waals surface area contributed by atoms with E-state index < -0.39 is 27.9 Å². The summed E-state index contributed by atoms with van der Waals surface area (Å²) < 4.78 is 8.70. The summed E-state index contributed by atoms with van der Waals surface area (Å²) in [5, 5.41) is 5.71. The summed E-state index contributed by atoms with van der Waals surface area (Å²) in [4.78, 5) is 0. The van der Waals surface area contributed by atoms with E-state index in [1.165, 1.54) is 0 Å². The molecule has 0 radical (unpaired) electrons. The number of nitrogens with zero attached hydrogens (tertiary/aromatic N) is 2. The van der Waals surface area contributed by atoms with Crippen LogP contribution in [0.5, 0.6) is 0 Å². The average Bonchev–Trinajstić information content (AvgIpc) is 2.11. The number of nitrogens with one attached hydrogen (secondary N) is 1. The molecule has 1 atom stereocenters. The summed E-state index contributed by atoms with van der Waals surface area (Å²) in [6.45, 7) is 7.09. The largest absolute Gasteiger partial charge is 0.344 e. The lowest BCUT2D eigenvalue weighted by atomic mass is 11.6. The summed E-state index contributed by atoms with van der Waals surface area (Å²) in [7, 11) is 2.44. The molecule has 1 unspecified atom stereocenters. The number of rotatable bonds is 6. The Morgan fingerprint density at radius 2 is 1.69 bits per heavy atom. The highest BCUT2D eigenvalue weighted by Gasteiger charge is 2.11. The van der Waals surface area contributed by atoms with Crippen LogP contribution in [0.1, 0.15) is 0 Å². The fourth-order valence-corrected chi connectivity index (χ4v) is 9.06. The van der Waals surface area contributed by atoms with Gasteiger partial charge in [-0.3, -0.25) is 0 Å². The van der Waals surface area contributed by atoms with Crippen molar-refractivity contribution in [2.75, 3.05) is 14.1 Å². The minimum absolute atomic E-state index is 0.180. The van der Waals surface area contributed by atoms with Gasteiger partial charge in [0.25, 0.3) is 0 Å². The Hall–Kier alpha value is 0.708. The summed E-state index contributed by atoms with van der Waals surface area (Å²) in [6.07, 6.45) is 0. The van der Waals surface area contributed by atoms with Crippen molar-refractivity contribution in [3.8, 4) is 0 Å². The van der Waals surface area contributed by atoms with Crippen molar-refractivity contribution >= 4 is 37.8 Å². The smallest absolute Gasteiger partial charge is 0.171 e. The Kier molecular flexibility index (Phi) is 7.44. The van der Waals surface area contributed by atoms with E-state index in [-0.39, 0.29) is 9.84 Å². The van der Waals surface area contributed by atoms with Crippen LogP contribution in [0.25, 0.3) is 0 Å². The molecule has 0 heterocycles. The molecule has 0 aliphatic carbocycles. The second-order valence-corrected chi connectivity index (χ2v) is 14.9. The topological polar surface area (TPSA) is 44.5 Å². The Balaban J connectivity index is 3.63. The highest BCUT2D eigenvalue weighted by atomic mass is 28.4. The fourth-order valence-electron chi connectivity index (χ4n) is 0.773. The molecule has 0 aromatic carbocycles. The first kappa shape index (κ1) is 13.7. The molecule has 13 heavy (non-hydrogen) atoms. The monoisotopic (exact) mass is 252 g/mol.